The first-order valence-electron chi connectivity index (χ1n) is 5.57. The maximum absolute atomic E-state index is 13.3. The summed E-state index contributed by atoms with van der Waals surface area (Å²) >= 11 is 0. The van der Waals surface area contributed by atoms with Crippen molar-refractivity contribution in [2.45, 2.75) is 13.0 Å². The van der Waals surface area contributed by atoms with Crippen LogP contribution in [0.25, 0.3) is 0 Å². The maximum Gasteiger partial charge on any atom is 0.338 e. The lowest BCUT2D eigenvalue weighted by Crippen LogP contribution is -2.23. The zero-order valence-corrected chi connectivity index (χ0v) is 10.0. The standard InChI is InChI=1S/C12H16FNO4/c1-2-18-12(17)8-3-9(13)5-10(4-8)14-6-11(16)7-15/h3-5,11,14-16H,2,6-7H2,1H3. The molecule has 1 unspecified atom stereocenters. The van der Waals surface area contributed by atoms with E-state index in [1.165, 1.54) is 12.1 Å². The molecule has 0 aromatic heterocycles. The highest BCUT2D eigenvalue weighted by molar-refractivity contribution is 5.90. The number of anilines is 1. The number of carbonyl (C=O) groups excluding carboxylic acids is 1. The van der Waals surface area contributed by atoms with E-state index in [1.807, 2.05) is 0 Å². The summed E-state index contributed by atoms with van der Waals surface area (Å²) in [4.78, 5) is 11.4. The van der Waals surface area contributed by atoms with E-state index in [2.05, 4.69) is 5.32 Å². The Morgan fingerprint density at radius 3 is 2.83 bits per heavy atom. The number of carbonyl (C=O) groups is 1. The Morgan fingerprint density at radius 1 is 1.50 bits per heavy atom. The molecule has 0 saturated heterocycles. The predicted molar refractivity (Wildman–Crippen MR) is 63.9 cm³/mol. The first-order chi connectivity index (χ1) is 8.56. The molecule has 0 radical (unpaired) electrons. The molecule has 18 heavy (non-hydrogen) atoms. The van der Waals surface area contributed by atoms with Gasteiger partial charge in [0, 0.05) is 12.2 Å². The normalized spacial score (nSPS) is 12.0. The SMILES string of the molecule is CCOC(=O)c1cc(F)cc(NCC(O)CO)c1. The van der Waals surface area contributed by atoms with Crippen molar-refractivity contribution in [1.29, 1.82) is 0 Å². The van der Waals surface area contributed by atoms with Gasteiger partial charge in [-0.25, -0.2) is 9.18 Å². The van der Waals surface area contributed by atoms with Crippen molar-refractivity contribution < 1.29 is 24.1 Å². The second-order valence-electron chi connectivity index (χ2n) is 3.67. The fourth-order valence-electron chi connectivity index (χ4n) is 1.32. The van der Waals surface area contributed by atoms with E-state index >= 15 is 0 Å². The van der Waals surface area contributed by atoms with Gasteiger partial charge in [0.05, 0.1) is 24.9 Å². The van der Waals surface area contributed by atoms with Crippen LogP contribution in [0.1, 0.15) is 17.3 Å². The van der Waals surface area contributed by atoms with Crippen LogP contribution >= 0.6 is 0 Å². The molecule has 1 aromatic carbocycles. The summed E-state index contributed by atoms with van der Waals surface area (Å²) in [7, 11) is 0. The molecule has 6 heteroatoms. The summed E-state index contributed by atoms with van der Waals surface area (Å²) in [5, 5.41) is 20.5. The number of aliphatic hydroxyl groups excluding tert-OH is 2. The molecular weight excluding hydrogens is 241 g/mol. The molecule has 1 atom stereocenters. The van der Waals surface area contributed by atoms with Gasteiger partial charge in [0.1, 0.15) is 5.82 Å². The molecule has 0 aliphatic heterocycles. The first-order valence-corrected chi connectivity index (χ1v) is 5.57. The summed E-state index contributed by atoms with van der Waals surface area (Å²) in [5.74, 6) is -1.19. The number of hydrogen-bond donors (Lipinski definition) is 3. The quantitative estimate of drug-likeness (QED) is 0.656. The van der Waals surface area contributed by atoms with Crippen molar-refractivity contribution in [3.8, 4) is 0 Å². The van der Waals surface area contributed by atoms with Crippen LogP contribution in [0.3, 0.4) is 0 Å². The molecule has 0 fully saturated rings. The van der Waals surface area contributed by atoms with Gasteiger partial charge in [0.15, 0.2) is 0 Å². The van der Waals surface area contributed by atoms with Gasteiger partial charge in [-0.3, -0.25) is 0 Å². The fraction of sp³-hybridized carbons (Fsp3) is 0.417. The summed E-state index contributed by atoms with van der Waals surface area (Å²) in [6.45, 7) is 1.53. The molecule has 1 rings (SSSR count). The smallest absolute Gasteiger partial charge is 0.338 e. The molecule has 0 bridgehead atoms. The van der Waals surface area contributed by atoms with Crippen LogP contribution in [0.2, 0.25) is 0 Å². The molecule has 100 valence electrons. The van der Waals surface area contributed by atoms with Crippen LogP contribution < -0.4 is 5.32 Å². The van der Waals surface area contributed by atoms with E-state index in [4.69, 9.17) is 14.9 Å². The van der Waals surface area contributed by atoms with Crippen LogP contribution in [0.15, 0.2) is 18.2 Å². The number of nitrogens with one attached hydrogen (secondary N) is 1. The average Bonchev–Trinajstić information content (AvgIpc) is 2.35. The maximum atomic E-state index is 13.3. The van der Waals surface area contributed by atoms with Crippen molar-refractivity contribution in [3.63, 3.8) is 0 Å². The fourth-order valence-corrected chi connectivity index (χ4v) is 1.32. The number of halogens is 1. The van der Waals surface area contributed by atoms with Gasteiger partial charge in [-0.05, 0) is 25.1 Å². The summed E-state index contributed by atoms with van der Waals surface area (Å²) in [5.41, 5.74) is 0.434. The second kappa shape index (κ2) is 6.93. The van der Waals surface area contributed by atoms with Crippen molar-refractivity contribution >= 4 is 11.7 Å². The van der Waals surface area contributed by atoms with Crippen molar-refractivity contribution in [3.05, 3.63) is 29.6 Å². The number of benzene rings is 1. The predicted octanol–water partition coefficient (Wildman–Crippen LogP) is 0.768. The molecule has 0 amide bonds. The second-order valence-corrected chi connectivity index (χ2v) is 3.67. The zero-order valence-electron chi connectivity index (χ0n) is 10.0. The third-order valence-corrected chi connectivity index (χ3v) is 2.16. The topological polar surface area (TPSA) is 78.8 Å². The van der Waals surface area contributed by atoms with E-state index in [1.54, 1.807) is 6.92 Å². The van der Waals surface area contributed by atoms with Crippen molar-refractivity contribution in [2.75, 3.05) is 25.1 Å². The van der Waals surface area contributed by atoms with Crippen LogP contribution in [-0.4, -0.2) is 42.0 Å². The number of esters is 1. The molecule has 0 heterocycles. The van der Waals surface area contributed by atoms with Gasteiger partial charge < -0.3 is 20.3 Å². The monoisotopic (exact) mass is 257 g/mol. The highest BCUT2D eigenvalue weighted by Crippen LogP contribution is 2.15. The minimum Gasteiger partial charge on any atom is -0.462 e. The molecule has 0 aliphatic carbocycles. The van der Waals surface area contributed by atoms with E-state index in [0.717, 1.165) is 6.07 Å². The van der Waals surface area contributed by atoms with Crippen LogP contribution in [-0.2, 0) is 4.74 Å². The van der Waals surface area contributed by atoms with Gasteiger partial charge in [0.25, 0.3) is 0 Å². The highest BCUT2D eigenvalue weighted by atomic mass is 19.1. The van der Waals surface area contributed by atoms with E-state index < -0.39 is 24.5 Å². The van der Waals surface area contributed by atoms with E-state index in [-0.39, 0.29) is 18.7 Å². The van der Waals surface area contributed by atoms with Crippen molar-refractivity contribution in [1.82, 2.24) is 0 Å². The van der Waals surface area contributed by atoms with Gasteiger partial charge >= 0.3 is 5.97 Å². The Balaban J connectivity index is 2.77. The summed E-state index contributed by atoms with van der Waals surface area (Å²) in [6, 6.07) is 3.68. The molecule has 1 aromatic rings. The molecule has 0 aliphatic rings. The molecular formula is C12H16FNO4. The minimum atomic E-state index is -0.945. The summed E-state index contributed by atoms with van der Waals surface area (Å²) in [6.07, 6.45) is -0.945. The van der Waals surface area contributed by atoms with Gasteiger partial charge in [-0.1, -0.05) is 0 Å². The van der Waals surface area contributed by atoms with Crippen molar-refractivity contribution in [2.24, 2.45) is 0 Å². The van der Waals surface area contributed by atoms with E-state index in [9.17, 15) is 9.18 Å². The molecule has 0 saturated carbocycles. The Morgan fingerprint density at radius 2 is 2.22 bits per heavy atom. The number of aliphatic hydroxyl groups is 2. The van der Waals surface area contributed by atoms with Gasteiger partial charge in [-0.15, -0.1) is 0 Å². The minimum absolute atomic E-state index is 0.0578. The largest absolute Gasteiger partial charge is 0.462 e. The van der Waals surface area contributed by atoms with E-state index in [0.29, 0.717) is 5.69 Å². The lowest BCUT2D eigenvalue weighted by molar-refractivity contribution is 0.0526. The third kappa shape index (κ3) is 4.31. The summed E-state index contributed by atoms with van der Waals surface area (Å²) < 4.78 is 18.0. The Bertz CT molecular complexity index is 411. The third-order valence-electron chi connectivity index (χ3n) is 2.16. The average molecular weight is 257 g/mol. The molecule has 5 nitrogen and oxygen atoms in total. The highest BCUT2D eigenvalue weighted by Gasteiger charge is 2.10. The Hall–Kier alpha value is -1.66. The van der Waals surface area contributed by atoms with Gasteiger partial charge in [0.2, 0.25) is 0 Å². The zero-order chi connectivity index (χ0) is 13.5. The van der Waals surface area contributed by atoms with Crippen LogP contribution in [0.5, 0.6) is 0 Å². The van der Waals surface area contributed by atoms with Crippen LogP contribution in [0.4, 0.5) is 10.1 Å². The number of hydrogen-bond acceptors (Lipinski definition) is 5. The Labute approximate surface area is 104 Å². The first kappa shape index (κ1) is 14.4. The lowest BCUT2D eigenvalue weighted by Gasteiger charge is -2.11. The number of rotatable bonds is 6. The van der Waals surface area contributed by atoms with Crippen LogP contribution in [0, 0.1) is 5.82 Å². The molecule has 0 spiro atoms. The Kier molecular flexibility index (Phi) is 5.54. The number of ether oxygens (including phenoxy) is 1. The lowest BCUT2D eigenvalue weighted by atomic mass is 10.2. The van der Waals surface area contributed by atoms with Gasteiger partial charge in [-0.2, -0.15) is 0 Å². The molecule has 3 N–H and O–H groups in total.